The third-order valence-electron chi connectivity index (χ3n) is 2.19. The van der Waals surface area contributed by atoms with Crippen LogP contribution in [0.2, 0.25) is 0 Å². The maximum absolute atomic E-state index is 9.43. The van der Waals surface area contributed by atoms with Gasteiger partial charge in [0.15, 0.2) is 6.29 Å². The molecule has 1 aliphatic rings. The predicted octanol–water partition coefficient (Wildman–Crippen LogP) is -1.97. The summed E-state index contributed by atoms with van der Waals surface area (Å²) in [5.74, 6) is 0. The standard InChI is InChI=1S/C7H15NO4/c1-3-5(9)6(10)4(8-2)7(11)12-3/h3-11H,1-2H3/t3-,4-,5+,6-,7?/m0/s1. The van der Waals surface area contributed by atoms with Gasteiger partial charge in [-0.05, 0) is 14.0 Å². The van der Waals surface area contributed by atoms with Crippen molar-refractivity contribution in [2.24, 2.45) is 0 Å². The van der Waals surface area contributed by atoms with Crippen molar-refractivity contribution in [1.29, 1.82) is 0 Å². The zero-order chi connectivity index (χ0) is 9.30. The van der Waals surface area contributed by atoms with E-state index in [9.17, 15) is 15.3 Å². The van der Waals surface area contributed by atoms with Crippen molar-refractivity contribution in [1.82, 2.24) is 5.32 Å². The molecule has 1 fully saturated rings. The fraction of sp³-hybridized carbons (Fsp3) is 1.00. The third-order valence-corrected chi connectivity index (χ3v) is 2.19. The van der Waals surface area contributed by atoms with Crippen LogP contribution in [0.5, 0.6) is 0 Å². The summed E-state index contributed by atoms with van der Waals surface area (Å²) >= 11 is 0. The van der Waals surface area contributed by atoms with Crippen LogP contribution in [0.4, 0.5) is 0 Å². The number of hydrogen-bond acceptors (Lipinski definition) is 5. The summed E-state index contributed by atoms with van der Waals surface area (Å²) in [6, 6.07) is -0.629. The van der Waals surface area contributed by atoms with Crippen LogP contribution < -0.4 is 5.32 Å². The minimum absolute atomic E-state index is 0.542. The first-order chi connectivity index (χ1) is 5.57. The molecule has 0 aromatic carbocycles. The second-order valence-corrected chi connectivity index (χ2v) is 3.03. The van der Waals surface area contributed by atoms with Crippen LogP contribution >= 0.6 is 0 Å². The monoisotopic (exact) mass is 177 g/mol. The van der Waals surface area contributed by atoms with Gasteiger partial charge in [0.05, 0.1) is 12.1 Å². The minimum Gasteiger partial charge on any atom is -0.388 e. The molecule has 1 aliphatic heterocycles. The summed E-state index contributed by atoms with van der Waals surface area (Å²) < 4.78 is 4.96. The maximum atomic E-state index is 9.43. The van der Waals surface area contributed by atoms with Gasteiger partial charge in [-0.1, -0.05) is 0 Å². The lowest BCUT2D eigenvalue weighted by Crippen LogP contribution is -2.61. The molecule has 4 N–H and O–H groups in total. The van der Waals surface area contributed by atoms with Crippen molar-refractivity contribution in [3.63, 3.8) is 0 Å². The molecule has 0 spiro atoms. The Morgan fingerprint density at radius 2 is 1.75 bits per heavy atom. The number of nitrogens with one attached hydrogen (secondary N) is 1. The molecule has 5 heteroatoms. The predicted molar refractivity (Wildman–Crippen MR) is 41.4 cm³/mol. The van der Waals surface area contributed by atoms with E-state index in [1.54, 1.807) is 14.0 Å². The Hall–Kier alpha value is -0.200. The highest BCUT2D eigenvalue weighted by atomic mass is 16.6. The van der Waals surface area contributed by atoms with E-state index in [2.05, 4.69) is 5.32 Å². The second kappa shape index (κ2) is 3.68. The Labute approximate surface area is 71.0 Å². The second-order valence-electron chi connectivity index (χ2n) is 3.03. The van der Waals surface area contributed by atoms with E-state index in [-0.39, 0.29) is 0 Å². The van der Waals surface area contributed by atoms with Crippen LogP contribution in [0, 0.1) is 0 Å². The molecule has 1 saturated heterocycles. The van der Waals surface area contributed by atoms with Gasteiger partial charge in [0, 0.05) is 0 Å². The molecule has 0 radical (unpaired) electrons. The summed E-state index contributed by atoms with van der Waals surface area (Å²) in [6.45, 7) is 1.60. The smallest absolute Gasteiger partial charge is 0.173 e. The molecule has 5 atom stereocenters. The van der Waals surface area contributed by atoms with Crippen LogP contribution in [0.1, 0.15) is 6.92 Å². The molecular formula is C7H15NO4. The number of rotatable bonds is 1. The molecule has 0 amide bonds. The number of hydrogen-bond donors (Lipinski definition) is 4. The van der Waals surface area contributed by atoms with Gasteiger partial charge in [0.1, 0.15) is 12.2 Å². The maximum Gasteiger partial charge on any atom is 0.173 e. The van der Waals surface area contributed by atoms with Gasteiger partial charge in [0.2, 0.25) is 0 Å². The van der Waals surface area contributed by atoms with Crippen LogP contribution in [-0.2, 0) is 4.74 Å². The summed E-state index contributed by atoms with van der Waals surface area (Å²) in [4.78, 5) is 0. The van der Waals surface area contributed by atoms with Gasteiger partial charge in [-0.3, -0.25) is 0 Å². The normalized spacial score (nSPS) is 49.2. The number of ether oxygens (including phenoxy) is 1. The Morgan fingerprint density at radius 1 is 1.17 bits per heavy atom. The number of aliphatic hydroxyl groups excluding tert-OH is 3. The molecule has 12 heavy (non-hydrogen) atoms. The molecular weight excluding hydrogens is 162 g/mol. The third kappa shape index (κ3) is 1.60. The molecule has 72 valence electrons. The summed E-state index contributed by atoms with van der Waals surface area (Å²) in [5, 5.41) is 30.7. The minimum atomic E-state index is -1.07. The number of likely N-dealkylation sites (N-methyl/N-ethyl adjacent to an activating group) is 1. The Kier molecular flexibility index (Phi) is 3.03. The van der Waals surface area contributed by atoms with Crippen molar-refractivity contribution in [2.45, 2.75) is 37.6 Å². The van der Waals surface area contributed by atoms with Crippen molar-refractivity contribution < 1.29 is 20.1 Å². The van der Waals surface area contributed by atoms with E-state index in [4.69, 9.17) is 4.74 Å². The van der Waals surface area contributed by atoms with E-state index in [0.717, 1.165) is 0 Å². The summed E-state index contributed by atoms with van der Waals surface area (Å²) in [6.07, 6.45) is -3.55. The van der Waals surface area contributed by atoms with Crippen molar-refractivity contribution in [3.8, 4) is 0 Å². The summed E-state index contributed by atoms with van der Waals surface area (Å²) in [5.41, 5.74) is 0. The average molecular weight is 177 g/mol. The Balaban J connectivity index is 2.65. The molecule has 0 bridgehead atoms. The van der Waals surface area contributed by atoms with Crippen molar-refractivity contribution in [3.05, 3.63) is 0 Å². The van der Waals surface area contributed by atoms with Gasteiger partial charge < -0.3 is 25.4 Å². The first-order valence-corrected chi connectivity index (χ1v) is 3.95. The van der Waals surface area contributed by atoms with E-state index in [0.29, 0.717) is 0 Å². The Morgan fingerprint density at radius 3 is 2.25 bits per heavy atom. The molecule has 1 rings (SSSR count). The molecule has 0 aliphatic carbocycles. The van der Waals surface area contributed by atoms with Crippen LogP contribution in [0.25, 0.3) is 0 Å². The largest absolute Gasteiger partial charge is 0.388 e. The van der Waals surface area contributed by atoms with Gasteiger partial charge in [-0.15, -0.1) is 0 Å². The van der Waals surface area contributed by atoms with Gasteiger partial charge >= 0.3 is 0 Å². The first kappa shape index (κ1) is 9.88. The molecule has 0 aromatic rings. The lowest BCUT2D eigenvalue weighted by Gasteiger charge is -2.39. The zero-order valence-electron chi connectivity index (χ0n) is 7.14. The SMILES string of the molecule is CN[C@@H]1C(O)O[C@@H](C)[C@@H](O)[C@H]1O. The van der Waals surface area contributed by atoms with Crippen LogP contribution in [-0.4, -0.2) is 53.0 Å². The lowest BCUT2D eigenvalue weighted by molar-refractivity contribution is -0.242. The Bertz CT molecular complexity index is 154. The first-order valence-electron chi connectivity index (χ1n) is 3.95. The van der Waals surface area contributed by atoms with E-state index in [1.807, 2.05) is 0 Å². The number of aliphatic hydroxyl groups is 3. The van der Waals surface area contributed by atoms with E-state index < -0.39 is 30.6 Å². The van der Waals surface area contributed by atoms with Crippen LogP contribution in [0.3, 0.4) is 0 Å². The molecule has 5 nitrogen and oxygen atoms in total. The molecule has 0 aromatic heterocycles. The topological polar surface area (TPSA) is 82.0 Å². The summed E-state index contributed by atoms with van der Waals surface area (Å²) in [7, 11) is 1.59. The van der Waals surface area contributed by atoms with Gasteiger partial charge in [-0.2, -0.15) is 0 Å². The zero-order valence-corrected chi connectivity index (χ0v) is 7.14. The quantitative estimate of drug-likeness (QED) is 0.373. The highest BCUT2D eigenvalue weighted by Gasteiger charge is 2.40. The average Bonchev–Trinajstić information content (AvgIpc) is 2.01. The van der Waals surface area contributed by atoms with E-state index >= 15 is 0 Å². The molecule has 1 unspecified atom stereocenters. The fourth-order valence-corrected chi connectivity index (χ4v) is 1.36. The molecule has 1 heterocycles. The van der Waals surface area contributed by atoms with Crippen molar-refractivity contribution >= 4 is 0 Å². The van der Waals surface area contributed by atoms with Crippen molar-refractivity contribution in [2.75, 3.05) is 7.05 Å². The van der Waals surface area contributed by atoms with Gasteiger partial charge in [-0.25, -0.2) is 0 Å². The van der Waals surface area contributed by atoms with Gasteiger partial charge in [0.25, 0.3) is 0 Å². The fourth-order valence-electron chi connectivity index (χ4n) is 1.36. The molecule has 0 saturated carbocycles. The highest BCUT2D eigenvalue weighted by Crippen LogP contribution is 2.18. The van der Waals surface area contributed by atoms with E-state index in [1.165, 1.54) is 0 Å². The highest BCUT2D eigenvalue weighted by molar-refractivity contribution is 4.90. The van der Waals surface area contributed by atoms with Crippen LogP contribution in [0.15, 0.2) is 0 Å². The lowest BCUT2D eigenvalue weighted by atomic mass is 9.98.